The van der Waals surface area contributed by atoms with E-state index in [1.54, 1.807) is 11.8 Å². The van der Waals surface area contributed by atoms with Crippen molar-refractivity contribution in [1.82, 2.24) is 4.90 Å². The Morgan fingerprint density at radius 3 is 2.60 bits per heavy atom. The molecule has 1 aliphatic rings. The van der Waals surface area contributed by atoms with Gasteiger partial charge in [0.1, 0.15) is 5.60 Å². The number of anilines is 2. The van der Waals surface area contributed by atoms with Gasteiger partial charge in [-0.25, -0.2) is 4.79 Å². The van der Waals surface area contributed by atoms with Gasteiger partial charge in [0.25, 0.3) is 0 Å². The summed E-state index contributed by atoms with van der Waals surface area (Å²) >= 11 is 1.79. The lowest BCUT2D eigenvalue weighted by atomic mass is 9.97. The molecule has 140 valence electrons. The number of thioether (sulfide) groups is 1. The average Bonchev–Trinajstić information content (AvgIpc) is 2.53. The standard InChI is InChI=1S/C19H31N3O2S/c1-5-25-15-6-7-17(16(20)12-15)21-13-14-8-10-22(11-9-14)18(23)24-19(2,3)4/h6-7,12,14,21H,5,8-11,13,20H2,1-4H3. The lowest BCUT2D eigenvalue weighted by Gasteiger charge is -2.33. The molecule has 0 aromatic heterocycles. The Morgan fingerprint density at radius 1 is 1.36 bits per heavy atom. The van der Waals surface area contributed by atoms with E-state index in [1.807, 2.05) is 31.7 Å². The largest absolute Gasteiger partial charge is 0.444 e. The Bertz CT molecular complexity index is 579. The van der Waals surface area contributed by atoms with E-state index in [4.69, 9.17) is 10.5 Å². The third-order valence-corrected chi connectivity index (χ3v) is 5.06. The van der Waals surface area contributed by atoms with Gasteiger partial charge < -0.3 is 20.7 Å². The van der Waals surface area contributed by atoms with Crippen LogP contribution in [0.3, 0.4) is 0 Å². The highest BCUT2D eigenvalue weighted by molar-refractivity contribution is 7.99. The van der Waals surface area contributed by atoms with E-state index in [1.165, 1.54) is 4.90 Å². The van der Waals surface area contributed by atoms with E-state index in [2.05, 4.69) is 24.4 Å². The van der Waals surface area contributed by atoms with Gasteiger partial charge in [0.2, 0.25) is 0 Å². The maximum Gasteiger partial charge on any atom is 0.410 e. The molecule has 1 amide bonds. The summed E-state index contributed by atoms with van der Waals surface area (Å²) in [7, 11) is 0. The number of piperidine rings is 1. The molecular formula is C19H31N3O2S. The summed E-state index contributed by atoms with van der Waals surface area (Å²) in [5.74, 6) is 1.59. The van der Waals surface area contributed by atoms with Crippen LogP contribution in [0.25, 0.3) is 0 Å². The minimum absolute atomic E-state index is 0.202. The number of nitrogens with zero attached hydrogens (tertiary/aromatic N) is 1. The molecule has 0 spiro atoms. The molecule has 25 heavy (non-hydrogen) atoms. The zero-order valence-electron chi connectivity index (χ0n) is 15.8. The molecule has 0 aliphatic carbocycles. The minimum Gasteiger partial charge on any atom is -0.444 e. The number of ether oxygens (including phenoxy) is 1. The number of rotatable bonds is 5. The van der Waals surface area contributed by atoms with Crippen molar-refractivity contribution in [2.75, 3.05) is 36.4 Å². The van der Waals surface area contributed by atoms with Gasteiger partial charge in [-0.3, -0.25) is 0 Å². The molecule has 1 saturated heterocycles. The summed E-state index contributed by atoms with van der Waals surface area (Å²) in [6, 6.07) is 6.20. The molecule has 5 nitrogen and oxygen atoms in total. The Balaban J connectivity index is 1.78. The van der Waals surface area contributed by atoms with Gasteiger partial charge in [0.15, 0.2) is 0 Å². The van der Waals surface area contributed by atoms with E-state index < -0.39 is 5.60 Å². The van der Waals surface area contributed by atoms with Gasteiger partial charge in [0.05, 0.1) is 11.4 Å². The summed E-state index contributed by atoms with van der Waals surface area (Å²) in [5.41, 5.74) is 7.50. The number of carbonyl (C=O) groups is 1. The van der Waals surface area contributed by atoms with Gasteiger partial charge in [-0.1, -0.05) is 6.92 Å². The van der Waals surface area contributed by atoms with Gasteiger partial charge in [0, 0.05) is 24.5 Å². The second-order valence-electron chi connectivity index (χ2n) is 7.47. The van der Waals surface area contributed by atoms with Crippen molar-refractivity contribution in [3.05, 3.63) is 18.2 Å². The van der Waals surface area contributed by atoms with Crippen molar-refractivity contribution >= 4 is 29.2 Å². The van der Waals surface area contributed by atoms with E-state index >= 15 is 0 Å². The predicted molar refractivity (Wildman–Crippen MR) is 106 cm³/mol. The lowest BCUT2D eigenvalue weighted by molar-refractivity contribution is 0.0188. The molecule has 0 saturated carbocycles. The molecule has 1 aliphatic heterocycles. The number of nitrogen functional groups attached to an aromatic ring is 1. The highest BCUT2D eigenvalue weighted by Gasteiger charge is 2.26. The highest BCUT2D eigenvalue weighted by Crippen LogP contribution is 2.27. The zero-order chi connectivity index (χ0) is 18.4. The van der Waals surface area contributed by atoms with Crippen molar-refractivity contribution < 1.29 is 9.53 Å². The highest BCUT2D eigenvalue weighted by atomic mass is 32.2. The predicted octanol–water partition coefficient (Wildman–Crippen LogP) is 4.44. The van der Waals surface area contributed by atoms with Crippen molar-refractivity contribution in [2.45, 2.75) is 51.0 Å². The SMILES string of the molecule is CCSc1ccc(NCC2CCN(C(=O)OC(C)(C)C)CC2)c(N)c1. The van der Waals surface area contributed by atoms with Crippen LogP contribution < -0.4 is 11.1 Å². The molecule has 1 aromatic carbocycles. The lowest BCUT2D eigenvalue weighted by Crippen LogP contribution is -2.42. The van der Waals surface area contributed by atoms with Crippen LogP contribution in [-0.2, 0) is 4.74 Å². The van der Waals surface area contributed by atoms with Crippen LogP contribution in [0.5, 0.6) is 0 Å². The zero-order valence-corrected chi connectivity index (χ0v) is 16.6. The molecule has 0 radical (unpaired) electrons. The summed E-state index contributed by atoms with van der Waals surface area (Å²) < 4.78 is 5.44. The van der Waals surface area contributed by atoms with Crippen LogP contribution in [0.1, 0.15) is 40.5 Å². The quantitative estimate of drug-likeness (QED) is 0.596. The molecule has 0 atom stereocenters. The Hall–Kier alpha value is -1.56. The molecule has 6 heteroatoms. The minimum atomic E-state index is -0.435. The maximum absolute atomic E-state index is 12.1. The Kier molecular flexibility index (Phi) is 6.87. The van der Waals surface area contributed by atoms with Crippen molar-refractivity contribution in [3.8, 4) is 0 Å². The first-order valence-electron chi connectivity index (χ1n) is 9.02. The molecular weight excluding hydrogens is 334 g/mol. The number of amides is 1. The molecule has 3 N–H and O–H groups in total. The summed E-state index contributed by atoms with van der Waals surface area (Å²) in [6.07, 6.45) is 1.76. The molecule has 0 bridgehead atoms. The number of hydrogen-bond acceptors (Lipinski definition) is 5. The summed E-state index contributed by atoms with van der Waals surface area (Å²) in [5, 5.41) is 3.47. The average molecular weight is 366 g/mol. The first kappa shape index (κ1) is 19.8. The summed E-state index contributed by atoms with van der Waals surface area (Å²) in [4.78, 5) is 15.1. The molecule has 0 unspecified atom stereocenters. The van der Waals surface area contributed by atoms with Crippen LogP contribution in [0, 0.1) is 5.92 Å². The molecule has 1 aromatic rings. The van der Waals surface area contributed by atoms with E-state index in [9.17, 15) is 4.79 Å². The molecule has 1 fully saturated rings. The normalized spacial score (nSPS) is 15.9. The Labute approximate surface area is 155 Å². The van der Waals surface area contributed by atoms with Crippen molar-refractivity contribution in [2.24, 2.45) is 5.92 Å². The van der Waals surface area contributed by atoms with Crippen molar-refractivity contribution in [1.29, 1.82) is 0 Å². The monoisotopic (exact) mass is 365 g/mol. The van der Waals surface area contributed by atoms with Crippen molar-refractivity contribution in [3.63, 3.8) is 0 Å². The first-order chi connectivity index (χ1) is 11.8. The third-order valence-electron chi connectivity index (χ3n) is 4.18. The fourth-order valence-corrected chi connectivity index (χ4v) is 3.57. The van der Waals surface area contributed by atoms with Crippen LogP contribution >= 0.6 is 11.8 Å². The Morgan fingerprint density at radius 2 is 2.04 bits per heavy atom. The molecule has 2 rings (SSSR count). The maximum atomic E-state index is 12.1. The fourth-order valence-electron chi connectivity index (χ4n) is 2.86. The number of likely N-dealkylation sites (tertiary alicyclic amines) is 1. The van der Waals surface area contributed by atoms with E-state index in [-0.39, 0.29) is 6.09 Å². The van der Waals surface area contributed by atoms with Crippen LogP contribution in [0.2, 0.25) is 0 Å². The number of benzene rings is 1. The summed E-state index contributed by atoms with van der Waals surface area (Å²) in [6.45, 7) is 10.2. The second kappa shape index (κ2) is 8.70. The second-order valence-corrected chi connectivity index (χ2v) is 8.81. The van der Waals surface area contributed by atoms with Gasteiger partial charge >= 0.3 is 6.09 Å². The van der Waals surface area contributed by atoms with Gasteiger partial charge in [-0.15, -0.1) is 11.8 Å². The van der Waals surface area contributed by atoms with Gasteiger partial charge in [-0.05, 0) is 63.5 Å². The topological polar surface area (TPSA) is 67.6 Å². The molecule has 1 heterocycles. The van der Waals surface area contributed by atoms with Crippen LogP contribution in [-0.4, -0.2) is 42.0 Å². The van der Waals surface area contributed by atoms with E-state index in [0.29, 0.717) is 5.92 Å². The van der Waals surface area contributed by atoms with Gasteiger partial charge in [-0.2, -0.15) is 0 Å². The van der Waals surface area contributed by atoms with Crippen LogP contribution in [0.15, 0.2) is 23.1 Å². The smallest absolute Gasteiger partial charge is 0.410 e. The van der Waals surface area contributed by atoms with Crippen LogP contribution in [0.4, 0.5) is 16.2 Å². The third kappa shape index (κ3) is 6.34. The number of carbonyl (C=O) groups excluding carboxylic acids is 1. The first-order valence-corrected chi connectivity index (χ1v) is 10.0. The van der Waals surface area contributed by atoms with E-state index in [0.717, 1.165) is 49.6 Å². The number of nitrogens with two attached hydrogens (primary N) is 1. The fraction of sp³-hybridized carbons (Fsp3) is 0.632. The number of hydrogen-bond donors (Lipinski definition) is 2. The number of nitrogens with one attached hydrogen (secondary N) is 1.